The lowest BCUT2D eigenvalue weighted by molar-refractivity contribution is -0.137. The van der Waals surface area contributed by atoms with Gasteiger partial charge in [0.25, 0.3) is 0 Å². The van der Waals surface area contributed by atoms with Crippen molar-refractivity contribution in [3.63, 3.8) is 0 Å². The molecule has 1 fully saturated rings. The number of piperazine rings is 1. The Morgan fingerprint density at radius 2 is 1.75 bits per heavy atom. The van der Waals surface area contributed by atoms with Crippen LogP contribution in [0.15, 0.2) is 56.9 Å². The summed E-state index contributed by atoms with van der Waals surface area (Å²) in [6.07, 6.45) is -2.33. The van der Waals surface area contributed by atoms with Gasteiger partial charge in [0, 0.05) is 57.9 Å². The second-order valence-electron chi connectivity index (χ2n) is 14.1. The van der Waals surface area contributed by atoms with Crippen LogP contribution in [0, 0.1) is 11.6 Å². The number of alkyl halides is 3. The number of ether oxygens (including phenoxy) is 1. The SMILES string of the molecule is C[C@@H]1CN(c2nc(=O)n3c4c(c(-c5cc(Br)c(F)cc5F)c(C(F)(F)F)cc24)SC[C@@H](n2ncc4cccnc42)C3)C[C@H](C)N1C(=O)OC(C)(C)C. The van der Waals surface area contributed by atoms with Gasteiger partial charge in [-0.1, -0.05) is 0 Å². The largest absolute Gasteiger partial charge is 0.444 e. The number of carbonyl (C=O) groups is 1. The van der Waals surface area contributed by atoms with Gasteiger partial charge in [-0.25, -0.2) is 28.0 Å². The van der Waals surface area contributed by atoms with E-state index in [0.717, 1.165) is 29.3 Å². The Kier molecular flexibility index (Phi) is 9.03. The lowest BCUT2D eigenvalue weighted by Crippen LogP contribution is -2.59. The minimum Gasteiger partial charge on any atom is -0.444 e. The van der Waals surface area contributed by atoms with Crippen LogP contribution in [0.25, 0.3) is 33.1 Å². The van der Waals surface area contributed by atoms with Gasteiger partial charge in [-0.2, -0.15) is 23.3 Å². The highest BCUT2D eigenvalue weighted by Gasteiger charge is 2.41. The summed E-state index contributed by atoms with van der Waals surface area (Å²) in [4.78, 5) is 39.4. The number of thioether (sulfide) groups is 1. The van der Waals surface area contributed by atoms with Crippen molar-refractivity contribution in [2.45, 2.75) is 76.0 Å². The molecule has 1 amide bonds. The van der Waals surface area contributed by atoms with Crippen molar-refractivity contribution >= 4 is 61.5 Å². The fourth-order valence-corrected chi connectivity index (χ4v) is 8.73. The quantitative estimate of drug-likeness (QED) is 0.134. The van der Waals surface area contributed by atoms with Gasteiger partial charge in [-0.15, -0.1) is 11.8 Å². The van der Waals surface area contributed by atoms with E-state index >= 15 is 17.6 Å². The molecule has 2 aromatic carbocycles. The number of anilines is 1. The molecule has 5 aromatic rings. The predicted molar refractivity (Wildman–Crippen MR) is 191 cm³/mol. The van der Waals surface area contributed by atoms with Crippen LogP contribution in [0.5, 0.6) is 0 Å². The summed E-state index contributed by atoms with van der Waals surface area (Å²) in [5.74, 6) is -2.05. The van der Waals surface area contributed by atoms with E-state index in [1.54, 1.807) is 67.6 Å². The van der Waals surface area contributed by atoms with Crippen LogP contribution in [0.4, 0.5) is 32.6 Å². The Balaban J connectivity index is 1.46. The maximum atomic E-state index is 15.6. The molecule has 0 saturated carbocycles. The molecule has 1 saturated heterocycles. The smallest absolute Gasteiger partial charge is 0.417 e. The number of benzene rings is 2. The lowest BCUT2D eigenvalue weighted by atomic mass is 9.95. The van der Waals surface area contributed by atoms with Gasteiger partial charge in [0.05, 0.1) is 46.4 Å². The van der Waals surface area contributed by atoms with Crippen molar-refractivity contribution < 1.29 is 31.5 Å². The van der Waals surface area contributed by atoms with E-state index < -0.39 is 70.0 Å². The number of nitrogens with zero attached hydrogens (tertiary/aromatic N) is 7. The molecular weight excluding hydrogens is 773 g/mol. The number of hydrogen-bond acceptors (Lipinski definition) is 8. The summed E-state index contributed by atoms with van der Waals surface area (Å²) in [7, 11) is 0. The van der Waals surface area contributed by atoms with Crippen LogP contribution in [-0.4, -0.2) is 71.8 Å². The third kappa shape index (κ3) is 6.39. The zero-order chi connectivity index (χ0) is 37.4. The van der Waals surface area contributed by atoms with Crippen LogP contribution >= 0.6 is 27.7 Å². The zero-order valence-electron chi connectivity index (χ0n) is 28.6. The zero-order valence-corrected chi connectivity index (χ0v) is 31.0. The van der Waals surface area contributed by atoms with Gasteiger partial charge >= 0.3 is 18.0 Å². The van der Waals surface area contributed by atoms with Crippen LogP contribution in [0.3, 0.4) is 0 Å². The summed E-state index contributed by atoms with van der Waals surface area (Å²) in [6, 6.07) is 4.44. The van der Waals surface area contributed by atoms with Crippen LogP contribution in [0.2, 0.25) is 0 Å². The number of fused-ring (bicyclic) bond motifs is 1. The molecule has 5 heterocycles. The number of carbonyl (C=O) groups excluding carboxylic acids is 1. The first-order chi connectivity index (χ1) is 24.4. The molecule has 17 heteroatoms. The van der Waals surface area contributed by atoms with Crippen molar-refractivity contribution in [3.8, 4) is 11.1 Å². The van der Waals surface area contributed by atoms with Gasteiger partial charge in [-0.3, -0.25) is 9.47 Å². The Bertz CT molecular complexity index is 2300. The van der Waals surface area contributed by atoms with Gasteiger partial charge in [0.2, 0.25) is 0 Å². The molecule has 2 aliphatic rings. The summed E-state index contributed by atoms with van der Waals surface area (Å²) < 4.78 is 84.1. The fraction of sp³-hybridized carbons (Fsp3) is 0.400. The van der Waals surface area contributed by atoms with Crippen molar-refractivity contribution in [1.82, 2.24) is 29.2 Å². The highest BCUT2D eigenvalue weighted by Crippen LogP contribution is 2.50. The van der Waals surface area contributed by atoms with Crippen molar-refractivity contribution in [3.05, 3.63) is 74.9 Å². The molecule has 3 atom stereocenters. The molecule has 7 rings (SSSR count). The molecule has 0 aliphatic carbocycles. The third-order valence-electron chi connectivity index (χ3n) is 9.12. The van der Waals surface area contributed by atoms with E-state index in [-0.39, 0.29) is 51.5 Å². The van der Waals surface area contributed by atoms with Crippen molar-refractivity contribution in [2.75, 3.05) is 23.7 Å². The fourth-order valence-electron chi connectivity index (χ4n) is 7.06. The molecule has 0 spiro atoms. The Labute approximate surface area is 307 Å². The van der Waals surface area contributed by atoms with Gasteiger partial charge in [-0.05, 0) is 74.8 Å². The highest BCUT2D eigenvalue weighted by molar-refractivity contribution is 9.10. The first-order valence-electron chi connectivity index (χ1n) is 16.4. The van der Waals surface area contributed by atoms with Crippen LogP contribution in [-0.2, 0) is 17.5 Å². The summed E-state index contributed by atoms with van der Waals surface area (Å²) in [5.41, 5.74) is -3.02. The number of amides is 1. The standard InChI is InChI=1S/C35H33BrF5N7O3S/c1-17-13-45(14-18(2)47(17)33(50)51-34(3,4)5)31-22-9-23(35(39,40)41)27(21-10-24(36)26(38)11-25(21)37)29-28(22)46(32(49)44-31)15-20(16-52-29)48-30-19(12-43-48)7-6-8-42-30/h6-12,17-18,20H,13-16H2,1-5H3/t17-,18+,20-/m0/s1. The average Bonchev–Trinajstić information content (AvgIpc) is 3.37. The number of halogens is 6. The number of pyridine rings is 1. The average molecular weight is 807 g/mol. The highest BCUT2D eigenvalue weighted by atomic mass is 79.9. The van der Waals surface area contributed by atoms with Crippen molar-refractivity contribution in [2.24, 2.45) is 0 Å². The minimum atomic E-state index is -5.00. The Hall–Kier alpha value is -4.25. The van der Waals surface area contributed by atoms with E-state index in [0.29, 0.717) is 11.7 Å². The van der Waals surface area contributed by atoms with Gasteiger partial charge < -0.3 is 9.64 Å². The number of rotatable bonds is 3. The van der Waals surface area contributed by atoms with Crippen molar-refractivity contribution in [1.29, 1.82) is 0 Å². The molecular formula is C35H33BrF5N7O3S. The number of hydrogen-bond donors (Lipinski definition) is 0. The molecule has 0 unspecified atom stereocenters. The van der Waals surface area contributed by atoms with E-state index in [1.807, 2.05) is 6.07 Å². The normalized spacial score (nSPS) is 19.7. The minimum absolute atomic E-state index is 0.00287. The second-order valence-corrected chi connectivity index (χ2v) is 15.9. The van der Waals surface area contributed by atoms with E-state index in [1.165, 1.54) is 4.57 Å². The molecule has 274 valence electrons. The molecule has 3 aromatic heterocycles. The Morgan fingerprint density at radius 3 is 2.42 bits per heavy atom. The second kappa shape index (κ2) is 13.0. The molecule has 2 aliphatic heterocycles. The Morgan fingerprint density at radius 1 is 1.04 bits per heavy atom. The molecule has 52 heavy (non-hydrogen) atoms. The van der Waals surface area contributed by atoms with E-state index in [4.69, 9.17) is 4.74 Å². The van der Waals surface area contributed by atoms with Gasteiger partial charge in [0.1, 0.15) is 23.1 Å². The van der Waals surface area contributed by atoms with E-state index in [2.05, 4.69) is 31.0 Å². The molecule has 0 bridgehead atoms. The van der Waals surface area contributed by atoms with Crippen LogP contribution < -0.4 is 10.6 Å². The molecule has 0 radical (unpaired) electrons. The van der Waals surface area contributed by atoms with E-state index in [9.17, 15) is 14.0 Å². The maximum absolute atomic E-state index is 15.6. The monoisotopic (exact) mass is 805 g/mol. The number of aromatic nitrogens is 5. The predicted octanol–water partition coefficient (Wildman–Crippen LogP) is 8.05. The first kappa shape index (κ1) is 36.1. The molecule has 10 nitrogen and oxygen atoms in total. The topological polar surface area (TPSA) is 98.4 Å². The summed E-state index contributed by atoms with van der Waals surface area (Å²) >= 11 is 4.03. The van der Waals surface area contributed by atoms with Crippen LogP contribution in [0.1, 0.15) is 46.2 Å². The first-order valence-corrected chi connectivity index (χ1v) is 18.2. The lowest BCUT2D eigenvalue weighted by Gasteiger charge is -2.45. The summed E-state index contributed by atoms with van der Waals surface area (Å²) in [5, 5.41) is 5.26. The third-order valence-corrected chi connectivity index (χ3v) is 11.0. The molecule has 0 N–H and O–H groups in total. The maximum Gasteiger partial charge on any atom is 0.417 e. The van der Waals surface area contributed by atoms with Gasteiger partial charge in [0.15, 0.2) is 5.65 Å². The summed E-state index contributed by atoms with van der Waals surface area (Å²) in [6.45, 7) is 9.06.